The molecule has 6 nitrogen and oxygen atoms in total. The van der Waals surface area contributed by atoms with Crippen LogP contribution in [0.15, 0.2) is 72.8 Å². The van der Waals surface area contributed by atoms with Crippen LogP contribution in [0.5, 0.6) is 0 Å². The third-order valence-electron chi connectivity index (χ3n) is 4.61. The van der Waals surface area contributed by atoms with Gasteiger partial charge in [-0.05, 0) is 88.1 Å². The molecule has 0 aromatic heterocycles. The van der Waals surface area contributed by atoms with E-state index < -0.39 is 23.4 Å². The van der Waals surface area contributed by atoms with Gasteiger partial charge in [-0.3, -0.25) is 10.6 Å². The topological polar surface area (TPSA) is 76.7 Å². The van der Waals surface area contributed by atoms with E-state index in [2.05, 4.69) is 34.9 Å². The number of amides is 2. The molecule has 2 amide bonds. The summed E-state index contributed by atoms with van der Waals surface area (Å²) in [6.45, 7) is 11.0. The molecule has 2 N–H and O–H groups in total. The Morgan fingerprint density at radius 3 is 0.971 bits per heavy atom. The number of nitrogens with one attached hydrogen (secondary N) is 2. The van der Waals surface area contributed by atoms with E-state index in [-0.39, 0.29) is 0 Å². The van der Waals surface area contributed by atoms with Crippen LogP contribution in [-0.2, 0) is 9.47 Å². The lowest BCUT2D eigenvalue weighted by atomic mass is 10.00. The van der Waals surface area contributed by atoms with Crippen molar-refractivity contribution in [1.29, 1.82) is 0 Å². The van der Waals surface area contributed by atoms with Gasteiger partial charge in [0, 0.05) is 11.4 Å². The van der Waals surface area contributed by atoms with Gasteiger partial charge in [0.15, 0.2) is 0 Å². The molecule has 178 valence electrons. The highest BCUT2D eigenvalue weighted by Crippen LogP contribution is 2.27. The summed E-state index contributed by atoms with van der Waals surface area (Å²) in [4.78, 5) is 23.8. The van der Waals surface area contributed by atoms with Crippen molar-refractivity contribution in [2.75, 3.05) is 10.6 Å². The highest BCUT2D eigenvalue weighted by atomic mass is 16.6. The van der Waals surface area contributed by atoms with E-state index in [1.54, 1.807) is 0 Å². The smallest absolute Gasteiger partial charge is 0.412 e. The molecule has 0 unspecified atom stereocenters. The largest absolute Gasteiger partial charge is 0.444 e. The Hall–Kier alpha value is -3.80. The molecule has 0 spiro atoms. The fraction of sp³-hybridized carbons (Fsp3) is 0.286. The van der Waals surface area contributed by atoms with Gasteiger partial charge in [-0.1, -0.05) is 48.5 Å². The van der Waals surface area contributed by atoms with Gasteiger partial charge < -0.3 is 9.47 Å². The summed E-state index contributed by atoms with van der Waals surface area (Å²) in [5.41, 5.74) is 4.48. The minimum atomic E-state index is -0.541. The molecule has 0 bridgehead atoms. The van der Waals surface area contributed by atoms with Crippen molar-refractivity contribution in [3.63, 3.8) is 0 Å². The summed E-state index contributed by atoms with van der Waals surface area (Å²) in [5.74, 6) is 0. The zero-order chi connectivity index (χ0) is 24.9. The van der Waals surface area contributed by atoms with E-state index in [9.17, 15) is 9.59 Å². The van der Waals surface area contributed by atoms with Crippen LogP contribution < -0.4 is 10.6 Å². The van der Waals surface area contributed by atoms with Gasteiger partial charge in [-0.25, -0.2) is 9.59 Å². The zero-order valence-corrected chi connectivity index (χ0v) is 20.6. The Balaban J connectivity index is 1.62. The minimum absolute atomic E-state index is 0.475. The third kappa shape index (κ3) is 7.66. The second-order valence-electron chi connectivity index (χ2n) is 9.99. The molecule has 0 atom stereocenters. The molecule has 3 aromatic rings. The number of benzene rings is 3. The summed E-state index contributed by atoms with van der Waals surface area (Å²) in [5, 5.41) is 5.48. The lowest BCUT2D eigenvalue weighted by Gasteiger charge is -2.19. The summed E-state index contributed by atoms with van der Waals surface area (Å²) in [6.07, 6.45) is -0.950. The zero-order valence-electron chi connectivity index (χ0n) is 20.6. The summed E-state index contributed by atoms with van der Waals surface area (Å²) in [6, 6.07) is 23.4. The van der Waals surface area contributed by atoms with Gasteiger partial charge in [0.25, 0.3) is 0 Å². The first kappa shape index (κ1) is 24.8. The Morgan fingerprint density at radius 2 is 0.735 bits per heavy atom. The summed E-state index contributed by atoms with van der Waals surface area (Å²) >= 11 is 0. The standard InChI is InChI=1S/C28H32N2O4/c1-27(2,3)33-25(31)29-23-15-11-21(12-16-23)19-7-9-20(10-8-19)22-13-17-24(18-14-22)30-26(32)34-28(4,5)6/h7-18H,1-6H3,(H,29,31)(H,30,32). The van der Waals surface area contributed by atoms with E-state index >= 15 is 0 Å². The number of anilines is 2. The Kier molecular flexibility index (Phi) is 7.30. The number of hydrogen-bond donors (Lipinski definition) is 2. The quantitative estimate of drug-likeness (QED) is 0.418. The molecule has 0 saturated heterocycles. The average molecular weight is 461 g/mol. The first-order valence-corrected chi connectivity index (χ1v) is 11.2. The van der Waals surface area contributed by atoms with Gasteiger partial charge >= 0.3 is 12.2 Å². The predicted molar refractivity (Wildman–Crippen MR) is 137 cm³/mol. The van der Waals surface area contributed by atoms with Crippen molar-refractivity contribution in [2.24, 2.45) is 0 Å². The van der Waals surface area contributed by atoms with Gasteiger partial charge in [-0.15, -0.1) is 0 Å². The average Bonchev–Trinajstić information content (AvgIpc) is 2.72. The molecular formula is C28H32N2O4. The molecule has 0 aliphatic carbocycles. The molecule has 0 aliphatic rings. The molecule has 0 heterocycles. The molecule has 3 aromatic carbocycles. The highest BCUT2D eigenvalue weighted by molar-refractivity contribution is 5.86. The number of carbonyl (C=O) groups excluding carboxylic acids is 2. The van der Waals surface area contributed by atoms with E-state index in [1.165, 1.54) is 0 Å². The number of carbonyl (C=O) groups is 2. The van der Waals surface area contributed by atoms with Crippen LogP contribution in [0.1, 0.15) is 41.5 Å². The first-order chi connectivity index (χ1) is 15.9. The van der Waals surface area contributed by atoms with Gasteiger partial charge in [-0.2, -0.15) is 0 Å². The van der Waals surface area contributed by atoms with Crippen molar-refractivity contribution < 1.29 is 19.1 Å². The molecule has 0 aliphatic heterocycles. The van der Waals surface area contributed by atoms with Gasteiger partial charge in [0.05, 0.1) is 0 Å². The molecule has 0 saturated carbocycles. The fourth-order valence-corrected chi connectivity index (χ4v) is 3.19. The van der Waals surface area contributed by atoms with Gasteiger partial charge in [0.1, 0.15) is 11.2 Å². The van der Waals surface area contributed by atoms with E-state index in [0.29, 0.717) is 11.4 Å². The monoisotopic (exact) mass is 460 g/mol. The molecule has 34 heavy (non-hydrogen) atoms. The van der Waals surface area contributed by atoms with Crippen molar-refractivity contribution in [2.45, 2.75) is 52.7 Å². The second kappa shape index (κ2) is 10.00. The second-order valence-corrected chi connectivity index (χ2v) is 9.99. The Morgan fingerprint density at radius 1 is 0.500 bits per heavy atom. The minimum Gasteiger partial charge on any atom is -0.444 e. The van der Waals surface area contributed by atoms with Crippen molar-refractivity contribution >= 4 is 23.6 Å². The van der Waals surface area contributed by atoms with Crippen molar-refractivity contribution in [3.8, 4) is 22.3 Å². The third-order valence-corrected chi connectivity index (χ3v) is 4.61. The van der Waals surface area contributed by atoms with Crippen LogP contribution in [0.2, 0.25) is 0 Å². The Bertz CT molecular complexity index is 1030. The van der Waals surface area contributed by atoms with E-state index in [4.69, 9.17) is 9.47 Å². The summed E-state index contributed by atoms with van der Waals surface area (Å²) < 4.78 is 10.6. The predicted octanol–water partition coefficient (Wildman–Crippen LogP) is 7.71. The maximum Gasteiger partial charge on any atom is 0.412 e. The molecule has 3 rings (SSSR count). The van der Waals surface area contributed by atoms with Crippen LogP contribution in [0, 0.1) is 0 Å². The normalized spacial score (nSPS) is 11.5. The lowest BCUT2D eigenvalue weighted by Crippen LogP contribution is -2.27. The fourth-order valence-electron chi connectivity index (χ4n) is 3.19. The highest BCUT2D eigenvalue weighted by Gasteiger charge is 2.17. The number of ether oxygens (including phenoxy) is 2. The lowest BCUT2D eigenvalue weighted by molar-refractivity contribution is 0.0624. The summed E-state index contributed by atoms with van der Waals surface area (Å²) in [7, 11) is 0. The Labute approximate surface area is 201 Å². The van der Waals surface area contributed by atoms with Gasteiger partial charge in [0.2, 0.25) is 0 Å². The number of rotatable bonds is 4. The SMILES string of the molecule is CC(C)(C)OC(=O)Nc1ccc(-c2ccc(-c3ccc(NC(=O)OC(C)(C)C)cc3)cc2)cc1. The van der Waals surface area contributed by atoms with Crippen LogP contribution in [0.25, 0.3) is 22.3 Å². The van der Waals surface area contributed by atoms with Crippen LogP contribution in [0.3, 0.4) is 0 Å². The first-order valence-electron chi connectivity index (χ1n) is 11.2. The van der Waals surface area contributed by atoms with Crippen LogP contribution >= 0.6 is 0 Å². The van der Waals surface area contributed by atoms with Crippen LogP contribution in [0.4, 0.5) is 21.0 Å². The van der Waals surface area contributed by atoms with E-state index in [1.807, 2.05) is 90.1 Å². The maximum absolute atomic E-state index is 11.9. The van der Waals surface area contributed by atoms with E-state index in [0.717, 1.165) is 22.3 Å². The molecule has 6 heteroatoms. The molecular weight excluding hydrogens is 428 g/mol. The number of hydrogen-bond acceptors (Lipinski definition) is 4. The van der Waals surface area contributed by atoms with Crippen molar-refractivity contribution in [1.82, 2.24) is 0 Å². The molecule has 0 radical (unpaired) electrons. The maximum atomic E-state index is 11.9. The van der Waals surface area contributed by atoms with Crippen molar-refractivity contribution in [3.05, 3.63) is 72.8 Å². The van der Waals surface area contributed by atoms with Crippen LogP contribution in [-0.4, -0.2) is 23.4 Å². The molecule has 0 fully saturated rings.